The van der Waals surface area contributed by atoms with Crippen LogP contribution in [0.4, 0.5) is 0 Å². The number of halogens is 2. The van der Waals surface area contributed by atoms with Gasteiger partial charge < -0.3 is 10.6 Å². The van der Waals surface area contributed by atoms with Gasteiger partial charge in [-0.3, -0.25) is 4.79 Å². The second-order valence-corrected chi connectivity index (χ2v) is 6.20. The van der Waals surface area contributed by atoms with Crippen LogP contribution in [-0.4, -0.2) is 19.0 Å². The van der Waals surface area contributed by atoms with Gasteiger partial charge in [0.25, 0.3) is 0 Å². The van der Waals surface area contributed by atoms with Gasteiger partial charge in [-0.1, -0.05) is 28.1 Å². The monoisotopic (exact) mass is 344 g/mol. The largest absolute Gasteiger partial charge is 0.346 e. The van der Waals surface area contributed by atoms with Gasteiger partial charge in [0.1, 0.15) is 0 Å². The molecule has 1 saturated heterocycles. The van der Waals surface area contributed by atoms with E-state index >= 15 is 0 Å². The summed E-state index contributed by atoms with van der Waals surface area (Å²) in [5.74, 6) is 0.370. The average molecular weight is 346 g/mol. The fourth-order valence-corrected chi connectivity index (χ4v) is 2.86. The fourth-order valence-electron chi connectivity index (χ4n) is 2.60. The second kappa shape index (κ2) is 5.81. The summed E-state index contributed by atoms with van der Waals surface area (Å²) in [7, 11) is 0. The quantitative estimate of drug-likeness (QED) is 0.884. The van der Waals surface area contributed by atoms with Crippen LogP contribution in [0.3, 0.4) is 0 Å². The molecular formula is C14H18BrClN2O. The Kier molecular flexibility index (Phi) is 4.54. The molecule has 2 aliphatic rings. The van der Waals surface area contributed by atoms with Crippen molar-refractivity contribution in [3.8, 4) is 0 Å². The van der Waals surface area contributed by atoms with E-state index in [4.69, 9.17) is 0 Å². The van der Waals surface area contributed by atoms with Crippen molar-refractivity contribution < 1.29 is 4.79 Å². The van der Waals surface area contributed by atoms with E-state index in [1.807, 2.05) is 12.1 Å². The molecule has 1 saturated carbocycles. The molecular weight excluding hydrogens is 328 g/mol. The van der Waals surface area contributed by atoms with Crippen molar-refractivity contribution in [3.05, 3.63) is 34.3 Å². The molecule has 1 aromatic rings. The van der Waals surface area contributed by atoms with Crippen LogP contribution in [0.2, 0.25) is 0 Å². The number of rotatable bonds is 3. The maximum absolute atomic E-state index is 12.1. The Bertz CT molecular complexity index is 455. The first-order valence-electron chi connectivity index (χ1n) is 6.48. The molecule has 0 spiro atoms. The zero-order valence-corrected chi connectivity index (χ0v) is 13.0. The van der Waals surface area contributed by atoms with Crippen LogP contribution < -0.4 is 10.6 Å². The fraction of sp³-hybridized carbons (Fsp3) is 0.500. The SMILES string of the molecule is Cl.O=C(NC1(c2ccc(Br)cc2)CCC1)C1CNC1. The number of amides is 1. The topological polar surface area (TPSA) is 41.1 Å². The maximum Gasteiger partial charge on any atom is 0.226 e. The first-order chi connectivity index (χ1) is 8.70. The van der Waals surface area contributed by atoms with E-state index in [1.54, 1.807) is 0 Å². The van der Waals surface area contributed by atoms with Crippen molar-refractivity contribution in [2.75, 3.05) is 13.1 Å². The molecule has 0 bridgehead atoms. The van der Waals surface area contributed by atoms with E-state index < -0.39 is 0 Å². The van der Waals surface area contributed by atoms with Gasteiger partial charge in [0.2, 0.25) is 5.91 Å². The molecule has 0 atom stereocenters. The molecule has 3 nitrogen and oxygen atoms in total. The smallest absolute Gasteiger partial charge is 0.226 e. The van der Waals surface area contributed by atoms with Crippen LogP contribution >= 0.6 is 28.3 Å². The summed E-state index contributed by atoms with van der Waals surface area (Å²) in [4.78, 5) is 12.1. The summed E-state index contributed by atoms with van der Waals surface area (Å²) in [6, 6.07) is 8.32. The van der Waals surface area contributed by atoms with Crippen molar-refractivity contribution in [2.45, 2.75) is 24.8 Å². The van der Waals surface area contributed by atoms with Gasteiger partial charge in [-0.25, -0.2) is 0 Å². The highest BCUT2D eigenvalue weighted by molar-refractivity contribution is 9.10. The standard InChI is InChI=1S/C14H17BrN2O.ClH/c15-12-4-2-11(3-5-12)14(6-1-7-14)17-13(18)10-8-16-9-10;/h2-5,10,16H,1,6-9H2,(H,17,18);1H. The lowest BCUT2D eigenvalue weighted by molar-refractivity contribution is -0.129. The Morgan fingerprint density at radius 3 is 2.32 bits per heavy atom. The summed E-state index contributed by atoms with van der Waals surface area (Å²) in [6.45, 7) is 1.64. The molecule has 1 aliphatic heterocycles. The molecule has 1 aromatic carbocycles. The third kappa shape index (κ3) is 2.81. The molecule has 0 aromatic heterocycles. The van der Waals surface area contributed by atoms with Crippen LogP contribution in [0.5, 0.6) is 0 Å². The van der Waals surface area contributed by atoms with E-state index in [1.165, 1.54) is 12.0 Å². The van der Waals surface area contributed by atoms with E-state index in [9.17, 15) is 4.79 Å². The zero-order valence-electron chi connectivity index (χ0n) is 10.6. The number of benzene rings is 1. The minimum atomic E-state index is -0.104. The Hall–Kier alpha value is -0.580. The molecule has 3 rings (SSSR count). The van der Waals surface area contributed by atoms with Crippen LogP contribution in [0, 0.1) is 5.92 Å². The minimum absolute atomic E-state index is 0. The summed E-state index contributed by atoms with van der Waals surface area (Å²) < 4.78 is 1.08. The highest BCUT2D eigenvalue weighted by atomic mass is 79.9. The molecule has 2 N–H and O–H groups in total. The molecule has 1 amide bonds. The first kappa shape index (κ1) is 14.8. The summed E-state index contributed by atoms with van der Waals surface area (Å²) >= 11 is 3.45. The number of hydrogen-bond acceptors (Lipinski definition) is 2. The van der Waals surface area contributed by atoms with Crippen LogP contribution in [-0.2, 0) is 10.3 Å². The molecule has 0 unspecified atom stereocenters. The van der Waals surface area contributed by atoms with Crippen LogP contribution in [0.1, 0.15) is 24.8 Å². The predicted octanol–water partition coefficient (Wildman–Crippen LogP) is 2.59. The van der Waals surface area contributed by atoms with Gasteiger partial charge in [0.05, 0.1) is 11.5 Å². The van der Waals surface area contributed by atoms with Crippen molar-refractivity contribution in [1.29, 1.82) is 0 Å². The third-order valence-corrected chi connectivity index (χ3v) is 4.65. The van der Waals surface area contributed by atoms with Crippen molar-refractivity contribution in [2.24, 2.45) is 5.92 Å². The van der Waals surface area contributed by atoms with Crippen LogP contribution in [0.25, 0.3) is 0 Å². The molecule has 1 aliphatic carbocycles. The number of hydrogen-bond donors (Lipinski definition) is 2. The second-order valence-electron chi connectivity index (χ2n) is 5.29. The normalized spacial score (nSPS) is 20.7. The Morgan fingerprint density at radius 2 is 1.89 bits per heavy atom. The van der Waals surface area contributed by atoms with Crippen molar-refractivity contribution >= 4 is 34.2 Å². The van der Waals surface area contributed by atoms with Gasteiger partial charge in [-0.15, -0.1) is 12.4 Å². The Balaban J connectivity index is 0.00000133. The van der Waals surface area contributed by atoms with Gasteiger partial charge >= 0.3 is 0 Å². The Morgan fingerprint density at radius 1 is 1.26 bits per heavy atom. The summed E-state index contributed by atoms with van der Waals surface area (Å²) in [5.41, 5.74) is 1.13. The minimum Gasteiger partial charge on any atom is -0.346 e. The van der Waals surface area contributed by atoms with E-state index in [-0.39, 0.29) is 29.8 Å². The third-order valence-electron chi connectivity index (χ3n) is 4.12. The predicted molar refractivity (Wildman–Crippen MR) is 81.4 cm³/mol. The van der Waals surface area contributed by atoms with Gasteiger partial charge in [0, 0.05) is 17.6 Å². The number of carbonyl (C=O) groups is 1. The van der Waals surface area contributed by atoms with E-state index in [0.717, 1.165) is 30.4 Å². The Labute approximate surface area is 128 Å². The van der Waals surface area contributed by atoms with E-state index in [2.05, 4.69) is 38.7 Å². The van der Waals surface area contributed by atoms with Gasteiger partial charge in [-0.05, 0) is 37.0 Å². The summed E-state index contributed by atoms with van der Waals surface area (Å²) in [6.07, 6.45) is 3.31. The zero-order chi connectivity index (χ0) is 12.6. The molecule has 2 fully saturated rings. The molecule has 5 heteroatoms. The molecule has 1 heterocycles. The van der Waals surface area contributed by atoms with Gasteiger partial charge in [0.15, 0.2) is 0 Å². The molecule has 0 radical (unpaired) electrons. The average Bonchev–Trinajstić information content (AvgIpc) is 2.22. The summed E-state index contributed by atoms with van der Waals surface area (Å²) in [5, 5.41) is 6.42. The highest BCUT2D eigenvalue weighted by Crippen LogP contribution is 2.41. The van der Waals surface area contributed by atoms with Crippen LogP contribution in [0.15, 0.2) is 28.7 Å². The number of nitrogens with one attached hydrogen (secondary N) is 2. The first-order valence-corrected chi connectivity index (χ1v) is 7.28. The molecule has 104 valence electrons. The number of carbonyl (C=O) groups excluding carboxylic acids is 1. The highest BCUT2D eigenvalue weighted by Gasteiger charge is 2.41. The molecule has 19 heavy (non-hydrogen) atoms. The van der Waals surface area contributed by atoms with Crippen molar-refractivity contribution in [3.63, 3.8) is 0 Å². The lowest BCUT2D eigenvalue weighted by Gasteiger charge is -2.44. The van der Waals surface area contributed by atoms with E-state index in [0.29, 0.717) is 0 Å². The van der Waals surface area contributed by atoms with Gasteiger partial charge in [-0.2, -0.15) is 0 Å². The lowest BCUT2D eigenvalue weighted by Crippen LogP contribution is -2.58. The maximum atomic E-state index is 12.1. The lowest BCUT2D eigenvalue weighted by atomic mass is 9.71. The van der Waals surface area contributed by atoms with Crippen molar-refractivity contribution in [1.82, 2.24) is 10.6 Å².